The summed E-state index contributed by atoms with van der Waals surface area (Å²) in [5.41, 5.74) is 6.35. The molecule has 0 saturated carbocycles. The molecular weight excluding hydrogens is 162 g/mol. The molecule has 1 aliphatic heterocycles. The van der Waals surface area contributed by atoms with Crippen LogP contribution in [-0.2, 0) is 0 Å². The Kier molecular flexibility index (Phi) is 2.76. The topological polar surface area (TPSA) is 41.6 Å². The zero-order valence-electron chi connectivity index (χ0n) is 8.49. The van der Waals surface area contributed by atoms with Crippen LogP contribution in [0.5, 0.6) is 0 Å². The summed E-state index contributed by atoms with van der Waals surface area (Å²) in [5.74, 6) is 0. The van der Waals surface area contributed by atoms with E-state index in [0.717, 1.165) is 6.42 Å². The summed E-state index contributed by atoms with van der Waals surface area (Å²) in [5, 5.41) is 6.21. The van der Waals surface area contributed by atoms with E-state index in [-0.39, 0.29) is 5.54 Å². The lowest BCUT2D eigenvalue weighted by Gasteiger charge is -2.32. The van der Waals surface area contributed by atoms with Crippen molar-refractivity contribution in [1.82, 2.24) is 5.01 Å². The van der Waals surface area contributed by atoms with E-state index in [4.69, 9.17) is 5.73 Å². The number of rotatable bonds is 2. The number of allylic oxidation sites excluding steroid dienone is 3. The van der Waals surface area contributed by atoms with Gasteiger partial charge in [0.2, 0.25) is 0 Å². The minimum Gasteiger partial charge on any atom is -0.397 e. The van der Waals surface area contributed by atoms with Crippen molar-refractivity contribution in [2.45, 2.75) is 32.7 Å². The average Bonchev–Trinajstić information content (AvgIpc) is 2.30. The standard InChI is InChI=1S/C10H17N3/c1-4-10(2,3)13-7-5-6-9(11)8-12-13/h5-8H,4,11H2,1-3H3. The molecule has 2 N–H and O–H groups in total. The van der Waals surface area contributed by atoms with Crippen LogP contribution in [0.15, 0.2) is 29.2 Å². The summed E-state index contributed by atoms with van der Waals surface area (Å²) >= 11 is 0. The Hall–Kier alpha value is -1.25. The first kappa shape index (κ1) is 9.84. The van der Waals surface area contributed by atoms with Gasteiger partial charge in [-0.05, 0) is 32.4 Å². The molecule has 3 heteroatoms. The zero-order chi connectivity index (χ0) is 9.90. The molecule has 1 heterocycles. The minimum atomic E-state index is 0.0471. The van der Waals surface area contributed by atoms with Crippen LogP contribution in [0.3, 0.4) is 0 Å². The van der Waals surface area contributed by atoms with E-state index >= 15 is 0 Å². The normalized spacial score (nSPS) is 17.2. The van der Waals surface area contributed by atoms with Crippen LogP contribution in [0.25, 0.3) is 0 Å². The van der Waals surface area contributed by atoms with E-state index in [1.54, 1.807) is 6.21 Å². The lowest BCUT2D eigenvalue weighted by molar-refractivity contribution is 0.187. The molecule has 0 radical (unpaired) electrons. The maximum Gasteiger partial charge on any atom is 0.0704 e. The number of hydrazone groups is 1. The van der Waals surface area contributed by atoms with E-state index in [0.29, 0.717) is 5.70 Å². The van der Waals surface area contributed by atoms with E-state index in [2.05, 4.69) is 25.9 Å². The van der Waals surface area contributed by atoms with Crippen LogP contribution >= 0.6 is 0 Å². The molecule has 0 fully saturated rings. The van der Waals surface area contributed by atoms with Crippen LogP contribution in [0.2, 0.25) is 0 Å². The van der Waals surface area contributed by atoms with E-state index < -0.39 is 0 Å². The molecule has 13 heavy (non-hydrogen) atoms. The van der Waals surface area contributed by atoms with Crippen molar-refractivity contribution >= 4 is 6.21 Å². The second kappa shape index (κ2) is 3.64. The zero-order valence-corrected chi connectivity index (χ0v) is 8.49. The molecule has 0 aliphatic carbocycles. The number of nitrogens with zero attached hydrogens (tertiary/aromatic N) is 2. The van der Waals surface area contributed by atoms with Gasteiger partial charge < -0.3 is 5.73 Å². The van der Waals surface area contributed by atoms with Gasteiger partial charge in [0, 0.05) is 6.20 Å². The van der Waals surface area contributed by atoms with Gasteiger partial charge in [-0.1, -0.05) is 6.92 Å². The van der Waals surface area contributed by atoms with Crippen molar-refractivity contribution in [2.75, 3.05) is 0 Å². The molecule has 0 aromatic heterocycles. The van der Waals surface area contributed by atoms with Gasteiger partial charge in [0.25, 0.3) is 0 Å². The molecule has 1 rings (SSSR count). The Morgan fingerprint density at radius 1 is 1.54 bits per heavy atom. The summed E-state index contributed by atoms with van der Waals surface area (Å²) in [6, 6.07) is 0. The molecule has 0 amide bonds. The fraction of sp³-hybridized carbons (Fsp3) is 0.500. The van der Waals surface area contributed by atoms with Crippen molar-refractivity contribution in [1.29, 1.82) is 0 Å². The molecule has 0 bridgehead atoms. The molecule has 0 atom stereocenters. The quantitative estimate of drug-likeness (QED) is 0.702. The van der Waals surface area contributed by atoms with Gasteiger partial charge in [-0.2, -0.15) is 5.10 Å². The highest BCUT2D eigenvalue weighted by Crippen LogP contribution is 2.19. The Morgan fingerprint density at radius 3 is 2.85 bits per heavy atom. The van der Waals surface area contributed by atoms with Gasteiger partial charge in [-0.25, -0.2) is 0 Å². The molecular formula is C10H17N3. The average molecular weight is 179 g/mol. The third-order valence-electron chi connectivity index (χ3n) is 2.33. The van der Waals surface area contributed by atoms with Crippen molar-refractivity contribution in [3.8, 4) is 0 Å². The second-order valence-electron chi connectivity index (χ2n) is 3.76. The summed E-state index contributed by atoms with van der Waals surface area (Å²) < 4.78 is 0. The second-order valence-corrected chi connectivity index (χ2v) is 3.76. The minimum absolute atomic E-state index is 0.0471. The summed E-state index contributed by atoms with van der Waals surface area (Å²) in [7, 11) is 0. The lowest BCUT2D eigenvalue weighted by Crippen LogP contribution is -2.35. The highest BCUT2D eigenvalue weighted by Gasteiger charge is 2.21. The molecule has 0 saturated heterocycles. The predicted molar refractivity (Wildman–Crippen MR) is 56.1 cm³/mol. The van der Waals surface area contributed by atoms with Gasteiger partial charge in [0.05, 0.1) is 17.5 Å². The fourth-order valence-corrected chi connectivity index (χ4v) is 0.966. The first-order chi connectivity index (χ1) is 6.06. The summed E-state index contributed by atoms with van der Waals surface area (Å²) in [6.45, 7) is 6.44. The first-order valence-electron chi connectivity index (χ1n) is 4.53. The monoisotopic (exact) mass is 179 g/mol. The molecule has 72 valence electrons. The van der Waals surface area contributed by atoms with E-state index in [9.17, 15) is 0 Å². The molecule has 0 unspecified atom stereocenters. The molecule has 0 aromatic carbocycles. The molecule has 1 aliphatic rings. The Bertz CT molecular complexity index is 261. The highest BCUT2D eigenvalue weighted by molar-refractivity contribution is 5.77. The first-order valence-corrected chi connectivity index (χ1v) is 4.53. The maximum absolute atomic E-state index is 5.62. The third-order valence-corrected chi connectivity index (χ3v) is 2.33. The van der Waals surface area contributed by atoms with Gasteiger partial charge in [-0.3, -0.25) is 5.01 Å². The number of hydrogen-bond acceptors (Lipinski definition) is 3. The van der Waals surface area contributed by atoms with Gasteiger partial charge in [0.15, 0.2) is 0 Å². The summed E-state index contributed by atoms with van der Waals surface area (Å²) in [4.78, 5) is 0. The van der Waals surface area contributed by atoms with Gasteiger partial charge in [0.1, 0.15) is 0 Å². The fourth-order valence-electron chi connectivity index (χ4n) is 0.966. The highest BCUT2D eigenvalue weighted by atomic mass is 15.5. The van der Waals surface area contributed by atoms with Crippen LogP contribution in [0, 0.1) is 0 Å². The summed E-state index contributed by atoms with van der Waals surface area (Å²) in [6.07, 6.45) is 8.42. The Morgan fingerprint density at radius 2 is 2.23 bits per heavy atom. The molecule has 0 spiro atoms. The van der Waals surface area contributed by atoms with Crippen molar-refractivity contribution < 1.29 is 0 Å². The number of hydrogen-bond donors (Lipinski definition) is 1. The Labute approximate surface area is 79.6 Å². The maximum atomic E-state index is 5.62. The van der Waals surface area contributed by atoms with Crippen LogP contribution in [0.1, 0.15) is 27.2 Å². The van der Waals surface area contributed by atoms with Crippen molar-refractivity contribution in [3.63, 3.8) is 0 Å². The SMILES string of the molecule is CCC(C)(C)N1C=CC=C(N)C=N1. The third kappa shape index (κ3) is 2.34. The van der Waals surface area contributed by atoms with E-state index in [1.807, 2.05) is 23.4 Å². The number of nitrogens with two attached hydrogens (primary N) is 1. The largest absolute Gasteiger partial charge is 0.397 e. The van der Waals surface area contributed by atoms with Crippen molar-refractivity contribution in [3.05, 3.63) is 24.0 Å². The Balaban J connectivity index is 2.81. The van der Waals surface area contributed by atoms with Crippen molar-refractivity contribution in [2.24, 2.45) is 10.8 Å². The van der Waals surface area contributed by atoms with Gasteiger partial charge in [-0.15, -0.1) is 0 Å². The smallest absolute Gasteiger partial charge is 0.0704 e. The molecule has 0 aromatic rings. The van der Waals surface area contributed by atoms with Gasteiger partial charge >= 0.3 is 0 Å². The van der Waals surface area contributed by atoms with Crippen LogP contribution in [-0.4, -0.2) is 16.8 Å². The lowest BCUT2D eigenvalue weighted by atomic mass is 10.0. The van der Waals surface area contributed by atoms with E-state index in [1.165, 1.54) is 0 Å². The molecule has 3 nitrogen and oxygen atoms in total. The van der Waals surface area contributed by atoms with Crippen LogP contribution < -0.4 is 5.73 Å². The van der Waals surface area contributed by atoms with Crippen LogP contribution in [0.4, 0.5) is 0 Å². The predicted octanol–water partition coefficient (Wildman–Crippen LogP) is 1.83.